The Morgan fingerprint density at radius 3 is 2.29 bits per heavy atom. The van der Waals surface area contributed by atoms with Gasteiger partial charge in [0.25, 0.3) is 10.9 Å². The standard InChI is InChI=1S/C21H28N4O3/c26-20-18(22-6-7-23-12-14-28-15-13-23)19(21(20)27)25-10-8-24(9-11-25)16-17-4-2-1-3-5-17/h1-5,22H,6-16H2. The van der Waals surface area contributed by atoms with E-state index in [2.05, 4.69) is 44.3 Å². The normalized spacial score (nSPS) is 19.2. The number of rotatable bonds is 7. The van der Waals surface area contributed by atoms with Crippen molar-refractivity contribution in [2.24, 2.45) is 0 Å². The van der Waals surface area contributed by atoms with E-state index in [0.717, 1.165) is 65.6 Å². The van der Waals surface area contributed by atoms with Crippen molar-refractivity contribution < 1.29 is 4.74 Å². The summed E-state index contributed by atoms with van der Waals surface area (Å²) < 4.78 is 5.35. The Hall–Kier alpha value is -2.22. The minimum atomic E-state index is -0.372. The van der Waals surface area contributed by atoms with E-state index in [9.17, 15) is 9.59 Å². The predicted molar refractivity (Wildman–Crippen MR) is 111 cm³/mol. The van der Waals surface area contributed by atoms with Crippen LogP contribution in [0.5, 0.6) is 0 Å². The summed E-state index contributed by atoms with van der Waals surface area (Å²) in [7, 11) is 0. The van der Waals surface area contributed by atoms with Crippen LogP contribution in [0.15, 0.2) is 39.9 Å². The summed E-state index contributed by atoms with van der Waals surface area (Å²) in [5.74, 6) is 0. The van der Waals surface area contributed by atoms with Crippen molar-refractivity contribution >= 4 is 11.4 Å². The molecule has 0 bridgehead atoms. The molecule has 7 heteroatoms. The first kappa shape index (κ1) is 19.1. The number of benzene rings is 1. The van der Waals surface area contributed by atoms with Crippen molar-refractivity contribution in [2.45, 2.75) is 6.54 Å². The average Bonchev–Trinajstić information content (AvgIpc) is 2.75. The van der Waals surface area contributed by atoms with Gasteiger partial charge in [-0.3, -0.25) is 19.4 Å². The first-order valence-corrected chi connectivity index (χ1v) is 10.1. The number of nitrogens with one attached hydrogen (secondary N) is 1. The van der Waals surface area contributed by atoms with Gasteiger partial charge in [-0.1, -0.05) is 30.3 Å². The molecule has 0 amide bonds. The Bertz CT molecular complexity index is 833. The molecule has 2 heterocycles. The molecule has 2 aliphatic heterocycles. The smallest absolute Gasteiger partial charge is 0.253 e. The number of hydrogen-bond acceptors (Lipinski definition) is 7. The van der Waals surface area contributed by atoms with Gasteiger partial charge in [-0.2, -0.15) is 0 Å². The second-order valence-corrected chi connectivity index (χ2v) is 7.51. The summed E-state index contributed by atoms with van der Waals surface area (Å²) in [6.07, 6.45) is 0. The third-order valence-electron chi connectivity index (χ3n) is 5.66. The Morgan fingerprint density at radius 2 is 1.57 bits per heavy atom. The van der Waals surface area contributed by atoms with Crippen molar-refractivity contribution in [1.29, 1.82) is 0 Å². The highest BCUT2D eigenvalue weighted by atomic mass is 16.5. The molecule has 0 aliphatic carbocycles. The molecule has 2 aromatic carbocycles. The number of morpholine rings is 1. The zero-order valence-corrected chi connectivity index (χ0v) is 16.2. The Morgan fingerprint density at radius 1 is 0.857 bits per heavy atom. The molecule has 0 saturated carbocycles. The van der Waals surface area contributed by atoms with Gasteiger partial charge < -0.3 is 15.0 Å². The van der Waals surface area contributed by atoms with Crippen LogP contribution in [0, 0.1) is 0 Å². The highest BCUT2D eigenvalue weighted by Crippen LogP contribution is 2.22. The first-order valence-electron chi connectivity index (χ1n) is 10.1. The van der Waals surface area contributed by atoms with Crippen LogP contribution in [-0.4, -0.2) is 75.4 Å². The minimum Gasteiger partial charge on any atom is -0.379 e. The molecule has 0 aromatic heterocycles. The molecule has 28 heavy (non-hydrogen) atoms. The van der Waals surface area contributed by atoms with Crippen LogP contribution < -0.4 is 21.1 Å². The minimum absolute atomic E-state index is 0.342. The summed E-state index contributed by atoms with van der Waals surface area (Å²) in [4.78, 5) is 31.0. The van der Waals surface area contributed by atoms with Gasteiger partial charge in [-0.05, 0) is 5.56 Å². The molecular weight excluding hydrogens is 356 g/mol. The lowest BCUT2D eigenvalue weighted by atomic mass is 10.1. The Labute approximate surface area is 165 Å². The SMILES string of the molecule is O=c1c(NCCN2CCOCC2)c(N2CCN(Cc3ccccc3)CC2)c1=O. The van der Waals surface area contributed by atoms with Gasteiger partial charge in [0.2, 0.25) is 0 Å². The molecule has 0 radical (unpaired) electrons. The Balaban J connectivity index is 1.29. The molecule has 2 aliphatic rings. The second-order valence-electron chi connectivity index (χ2n) is 7.51. The molecule has 150 valence electrons. The number of piperazine rings is 1. The van der Waals surface area contributed by atoms with E-state index >= 15 is 0 Å². The van der Waals surface area contributed by atoms with E-state index in [1.165, 1.54) is 5.56 Å². The topological polar surface area (TPSA) is 65.1 Å². The molecule has 0 atom stereocenters. The number of nitrogens with zero attached hydrogens (tertiary/aromatic N) is 3. The predicted octanol–water partition coefficient (Wildman–Crippen LogP) is 0.349. The maximum absolute atomic E-state index is 12.2. The van der Waals surface area contributed by atoms with E-state index in [1.54, 1.807) is 0 Å². The number of hydrogen-bond donors (Lipinski definition) is 1. The summed E-state index contributed by atoms with van der Waals surface area (Å²) in [6, 6.07) is 10.4. The van der Waals surface area contributed by atoms with Crippen LogP contribution >= 0.6 is 0 Å². The van der Waals surface area contributed by atoms with Crippen LogP contribution in [0.4, 0.5) is 11.4 Å². The van der Waals surface area contributed by atoms with Gasteiger partial charge in [-0.15, -0.1) is 0 Å². The summed E-state index contributed by atoms with van der Waals surface area (Å²) >= 11 is 0. The molecular formula is C21H28N4O3. The fraction of sp³-hybridized carbons (Fsp3) is 0.524. The van der Waals surface area contributed by atoms with Crippen LogP contribution in [0.3, 0.4) is 0 Å². The van der Waals surface area contributed by atoms with Crippen LogP contribution in [0.1, 0.15) is 5.56 Å². The van der Waals surface area contributed by atoms with Crippen LogP contribution in [0.25, 0.3) is 0 Å². The quantitative estimate of drug-likeness (QED) is 0.691. The van der Waals surface area contributed by atoms with Crippen LogP contribution in [-0.2, 0) is 11.3 Å². The third-order valence-corrected chi connectivity index (χ3v) is 5.66. The van der Waals surface area contributed by atoms with E-state index in [4.69, 9.17) is 4.74 Å². The molecule has 2 aromatic rings. The number of ether oxygens (including phenoxy) is 1. The maximum Gasteiger partial charge on any atom is 0.253 e. The van der Waals surface area contributed by atoms with Gasteiger partial charge in [-0.25, -0.2) is 0 Å². The molecule has 2 saturated heterocycles. The van der Waals surface area contributed by atoms with Crippen molar-refractivity contribution in [2.75, 3.05) is 75.8 Å². The third kappa shape index (κ3) is 4.27. The molecule has 4 rings (SSSR count). The first-order chi connectivity index (χ1) is 13.7. The van der Waals surface area contributed by atoms with Gasteiger partial charge in [0.05, 0.1) is 13.2 Å². The zero-order chi connectivity index (χ0) is 19.3. The molecule has 1 N–H and O–H groups in total. The summed E-state index contributed by atoms with van der Waals surface area (Å²) in [6.45, 7) is 9.14. The zero-order valence-electron chi connectivity index (χ0n) is 16.2. The molecule has 7 nitrogen and oxygen atoms in total. The van der Waals surface area contributed by atoms with Crippen molar-refractivity contribution in [1.82, 2.24) is 9.80 Å². The lowest BCUT2D eigenvalue weighted by molar-refractivity contribution is 0.0398. The van der Waals surface area contributed by atoms with Gasteiger partial charge in [0.15, 0.2) is 0 Å². The summed E-state index contributed by atoms with van der Waals surface area (Å²) in [5, 5.41) is 3.22. The fourth-order valence-corrected chi connectivity index (χ4v) is 3.98. The molecule has 0 spiro atoms. The molecule has 0 unspecified atom stereocenters. The van der Waals surface area contributed by atoms with Crippen molar-refractivity contribution in [3.05, 3.63) is 56.3 Å². The second kappa shape index (κ2) is 8.86. The monoisotopic (exact) mass is 384 g/mol. The fourth-order valence-electron chi connectivity index (χ4n) is 3.98. The lowest BCUT2D eigenvalue weighted by Gasteiger charge is -2.37. The lowest BCUT2D eigenvalue weighted by Crippen LogP contribution is -2.51. The number of anilines is 2. The van der Waals surface area contributed by atoms with E-state index in [0.29, 0.717) is 17.9 Å². The van der Waals surface area contributed by atoms with Crippen molar-refractivity contribution in [3.8, 4) is 0 Å². The van der Waals surface area contributed by atoms with Gasteiger partial charge in [0.1, 0.15) is 11.4 Å². The molecule has 2 fully saturated rings. The largest absolute Gasteiger partial charge is 0.379 e. The van der Waals surface area contributed by atoms with E-state index in [1.807, 2.05) is 6.07 Å². The van der Waals surface area contributed by atoms with E-state index in [-0.39, 0.29) is 10.9 Å². The maximum atomic E-state index is 12.2. The van der Waals surface area contributed by atoms with Crippen LogP contribution in [0.2, 0.25) is 0 Å². The highest BCUT2D eigenvalue weighted by molar-refractivity contribution is 5.75. The Kier molecular flexibility index (Phi) is 6.04. The highest BCUT2D eigenvalue weighted by Gasteiger charge is 2.28. The summed E-state index contributed by atoms with van der Waals surface area (Å²) in [5.41, 5.74) is 1.69. The van der Waals surface area contributed by atoms with Gasteiger partial charge in [0, 0.05) is 58.9 Å². The van der Waals surface area contributed by atoms with E-state index < -0.39 is 0 Å². The van der Waals surface area contributed by atoms with Gasteiger partial charge >= 0.3 is 0 Å². The average molecular weight is 384 g/mol. The van der Waals surface area contributed by atoms with Crippen molar-refractivity contribution in [3.63, 3.8) is 0 Å².